The van der Waals surface area contributed by atoms with Crippen molar-refractivity contribution >= 4 is 5.69 Å². The number of piperidine rings is 1. The highest BCUT2D eigenvalue weighted by atomic mass is 15.1. The van der Waals surface area contributed by atoms with Gasteiger partial charge in [-0.25, -0.2) is 0 Å². The maximum atomic E-state index is 3.69. The zero-order chi connectivity index (χ0) is 20.4. The first-order valence-electron chi connectivity index (χ1n) is 12.9. The average Bonchev–Trinajstić information content (AvgIpc) is 2.76. The summed E-state index contributed by atoms with van der Waals surface area (Å²) in [4.78, 5) is 2.68. The van der Waals surface area contributed by atoms with Crippen LogP contribution in [0.1, 0.15) is 110 Å². The van der Waals surface area contributed by atoms with Crippen molar-refractivity contribution < 1.29 is 0 Å². The minimum absolute atomic E-state index is 0.657. The molecule has 0 amide bonds. The third kappa shape index (κ3) is 12.3. The van der Waals surface area contributed by atoms with Crippen molar-refractivity contribution in [1.29, 1.82) is 0 Å². The molecule has 0 saturated carbocycles. The van der Waals surface area contributed by atoms with Crippen molar-refractivity contribution in [3.63, 3.8) is 0 Å². The Morgan fingerprint density at radius 3 is 1.69 bits per heavy atom. The van der Waals surface area contributed by atoms with Gasteiger partial charge in [0.1, 0.15) is 0 Å². The average molecular weight is 401 g/mol. The van der Waals surface area contributed by atoms with Gasteiger partial charge in [0.2, 0.25) is 0 Å². The zero-order valence-electron chi connectivity index (χ0n) is 19.3. The van der Waals surface area contributed by atoms with E-state index in [2.05, 4.69) is 47.5 Å². The van der Waals surface area contributed by atoms with Gasteiger partial charge in [0.15, 0.2) is 0 Å². The van der Waals surface area contributed by atoms with Gasteiger partial charge in [0.05, 0.1) is 0 Å². The Hall–Kier alpha value is -1.02. The van der Waals surface area contributed by atoms with Crippen LogP contribution < -0.4 is 5.32 Å². The second-order valence-electron chi connectivity index (χ2n) is 9.22. The third-order valence-electron chi connectivity index (χ3n) is 6.56. The molecule has 2 heteroatoms. The summed E-state index contributed by atoms with van der Waals surface area (Å²) >= 11 is 0. The zero-order valence-corrected chi connectivity index (χ0v) is 19.3. The molecule has 0 spiro atoms. The van der Waals surface area contributed by atoms with Crippen molar-refractivity contribution in [2.75, 3.05) is 25.0 Å². The minimum Gasteiger partial charge on any atom is -0.382 e. The van der Waals surface area contributed by atoms with Crippen LogP contribution in [0.4, 0.5) is 5.69 Å². The molecule has 0 bridgehead atoms. The summed E-state index contributed by atoms with van der Waals surface area (Å²) in [5, 5.41) is 3.69. The monoisotopic (exact) mass is 400 g/mol. The number of benzene rings is 1. The van der Waals surface area contributed by atoms with Crippen molar-refractivity contribution in [2.45, 2.75) is 116 Å². The van der Waals surface area contributed by atoms with Crippen LogP contribution in [0.25, 0.3) is 0 Å². The normalized spacial score (nSPS) is 15.6. The maximum absolute atomic E-state index is 3.69. The number of rotatable bonds is 17. The number of para-hydroxylation sites is 1. The van der Waals surface area contributed by atoms with Gasteiger partial charge >= 0.3 is 0 Å². The molecule has 1 fully saturated rings. The maximum Gasteiger partial charge on any atom is 0.0342 e. The topological polar surface area (TPSA) is 15.3 Å². The molecular weight excluding hydrogens is 352 g/mol. The van der Waals surface area contributed by atoms with Gasteiger partial charge in [-0.1, -0.05) is 109 Å². The molecule has 0 atom stereocenters. The third-order valence-corrected chi connectivity index (χ3v) is 6.56. The Balaban J connectivity index is 1.32. The summed E-state index contributed by atoms with van der Waals surface area (Å²) in [6.45, 7) is 6.15. The lowest BCUT2D eigenvalue weighted by atomic mass is 10.0. The lowest BCUT2D eigenvalue weighted by Gasteiger charge is -2.32. The van der Waals surface area contributed by atoms with Gasteiger partial charge in [-0.15, -0.1) is 0 Å². The van der Waals surface area contributed by atoms with Gasteiger partial charge in [0, 0.05) is 24.8 Å². The van der Waals surface area contributed by atoms with Crippen LogP contribution in [0.15, 0.2) is 30.3 Å². The smallest absolute Gasteiger partial charge is 0.0342 e. The van der Waals surface area contributed by atoms with Crippen LogP contribution in [-0.2, 0) is 0 Å². The lowest BCUT2D eigenvalue weighted by molar-refractivity contribution is 0.214. The first-order chi connectivity index (χ1) is 14.4. The number of hydrogen-bond donors (Lipinski definition) is 1. The molecule has 0 radical (unpaired) electrons. The van der Waals surface area contributed by atoms with Crippen molar-refractivity contribution in [3.05, 3.63) is 30.3 Å². The first kappa shape index (κ1) is 24.3. The van der Waals surface area contributed by atoms with Crippen LogP contribution in [0, 0.1) is 0 Å². The van der Waals surface area contributed by atoms with Gasteiger partial charge < -0.3 is 10.2 Å². The van der Waals surface area contributed by atoms with Crippen LogP contribution in [0.2, 0.25) is 0 Å². The standard InChI is InChI=1S/C27H48N2/c1-2-3-4-5-6-7-8-9-10-11-12-13-14-18-23-29-24-21-27(22-25-29)28-26-19-16-15-17-20-26/h15-17,19-20,27-28H,2-14,18,21-25H2,1H3. The number of anilines is 1. The molecule has 1 N–H and O–H groups in total. The SMILES string of the molecule is CCCCCCCCCCCCCCCCN1CCC(Nc2ccccc2)CC1. The van der Waals surface area contributed by atoms with E-state index in [9.17, 15) is 0 Å². The van der Waals surface area contributed by atoms with Gasteiger partial charge in [-0.05, 0) is 37.9 Å². The van der Waals surface area contributed by atoms with Crippen LogP contribution in [0.3, 0.4) is 0 Å². The van der Waals surface area contributed by atoms with E-state index < -0.39 is 0 Å². The fraction of sp³-hybridized carbons (Fsp3) is 0.778. The molecule has 0 aliphatic carbocycles. The quantitative estimate of drug-likeness (QED) is 0.266. The fourth-order valence-electron chi connectivity index (χ4n) is 4.60. The number of nitrogens with one attached hydrogen (secondary N) is 1. The van der Waals surface area contributed by atoms with E-state index in [1.54, 1.807) is 0 Å². The second-order valence-corrected chi connectivity index (χ2v) is 9.22. The predicted molar refractivity (Wildman–Crippen MR) is 130 cm³/mol. The Morgan fingerprint density at radius 2 is 1.17 bits per heavy atom. The molecular formula is C27H48N2. The molecule has 166 valence electrons. The minimum atomic E-state index is 0.657. The van der Waals surface area contributed by atoms with E-state index >= 15 is 0 Å². The molecule has 1 aromatic rings. The fourth-order valence-corrected chi connectivity index (χ4v) is 4.60. The first-order valence-corrected chi connectivity index (χ1v) is 12.9. The number of hydrogen-bond acceptors (Lipinski definition) is 2. The Labute approximate surface area is 181 Å². The van der Waals surface area contributed by atoms with E-state index in [0.717, 1.165) is 0 Å². The second kappa shape index (κ2) is 16.7. The van der Waals surface area contributed by atoms with E-state index in [-0.39, 0.29) is 0 Å². The number of nitrogens with zero attached hydrogens (tertiary/aromatic N) is 1. The Kier molecular flexibility index (Phi) is 14.0. The van der Waals surface area contributed by atoms with E-state index in [0.29, 0.717) is 6.04 Å². The molecule has 29 heavy (non-hydrogen) atoms. The van der Waals surface area contributed by atoms with Crippen molar-refractivity contribution in [3.8, 4) is 0 Å². The highest BCUT2D eigenvalue weighted by molar-refractivity contribution is 5.43. The molecule has 1 aliphatic heterocycles. The molecule has 1 aromatic carbocycles. The summed E-state index contributed by atoms with van der Waals surface area (Å²) < 4.78 is 0. The highest BCUT2D eigenvalue weighted by Crippen LogP contribution is 2.17. The molecule has 2 rings (SSSR count). The van der Waals surface area contributed by atoms with E-state index in [1.807, 2.05) is 0 Å². The van der Waals surface area contributed by atoms with Crippen LogP contribution in [0.5, 0.6) is 0 Å². The van der Waals surface area contributed by atoms with Crippen molar-refractivity contribution in [2.24, 2.45) is 0 Å². The molecule has 0 aromatic heterocycles. The Bertz CT molecular complexity index is 465. The van der Waals surface area contributed by atoms with Gasteiger partial charge in [-0.3, -0.25) is 0 Å². The molecule has 1 heterocycles. The lowest BCUT2D eigenvalue weighted by Crippen LogP contribution is -2.39. The summed E-state index contributed by atoms with van der Waals surface area (Å²) in [5.74, 6) is 0. The largest absolute Gasteiger partial charge is 0.382 e. The van der Waals surface area contributed by atoms with E-state index in [4.69, 9.17) is 0 Å². The predicted octanol–water partition coefficient (Wildman–Crippen LogP) is 8.04. The summed E-state index contributed by atoms with van der Waals surface area (Å²) in [5.41, 5.74) is 1.28. The summed E-state index contributed by atoms with van der Waals surface area (Å²) in [7, 11) is 0. The summed E-state index contributed by atoms with van der Waals surface area (Å²) in [6, 6.07) is 11.3. The number of unbranched alkanes of at least 4 members (excludes halogenated alkanes) is 13. The summed E-state index contributed by atoms with van der Waals surface area (Å²) in [6.07, 6.45) is 22.9. The van der Waals surface area contributed by atoms with Crippen molar-refractivity contribution in [1.82, 2.24) is 4.90 Å². The number of likely N-dealkylation sites (tertiary alicyclic amines) is 1. The van der Waals surface area contributed by atoms with E-state index in [1.165, 1.54) is 128 Å². The molecule has 1 aliphatic rings. The van der Waals surface area contributed by atoms with Crippen LogP contribution >= 0.6 is 0 Å². The van der Waals surface area contributed by atoms with Crippen LogP contribution in [-0.4, -0.2) is 30.6 Å². The van der Waals surface area contributed by atoms with Gasteiger partial charge in [0.25, 0.3) is 0 Å². The Morgan fingerprint density at radius 1 is 0.690 bits per heavy atom. The molecule has 0 unspecified atom stereocenters. The van der Waals surface area contributed by atoms with Gasteiger partial charge in [-0.2, -0.15) is 0 Å². The molecule has 1 saturated heterocycles. The highest BCUT2D eigenvalue weighted by Gasteiger charge is 2.18. The molecule has 2 nitrogen and oxygen atoms in total.